The van der Waals surface area contributed by atoms with Gasteiger partial charge in [0.15, 0.2) is 17.1 Å². The van der Waals surface area contributed by atoms with Crippen LogP contribution in [0.15, 0.2) is 36.4 Å². The standard InChI is InChI=1S/C20H8I4O5.Al/c21-11-5-9-17(13(23)15(11)25)28-18-10(6-12(22)16(26)14(18)24)20(9)8-4-2-1-3-7(8)19(27)29-20;/h1-6,25-26H;/q;+3. The van der Waals surface area contributed by atoms with Gasteiger partial charge in [-0.2, -0.15) is 0 Å². The first kappa shape index (κ1) is 23.2. The van der Waals surface area contributed by atoms with Crippen LogP contribution in [0, 0.1) is 14.3 Å². The molecule has 2 heterocycles. The molecule has 0 amide bonds. The van der Waals surface area contributed by atoms with E-state index >= 15 is 0 Å². The Morgan fingerprint density at radius 2 is 1.30 bits per heavy atom. The predicted octanol–water partition coefficient (Wildman–Crippen LogP) is 5.70. The van der Waals surface area contributed by atoms with Gasteiger partial charge in [-0.3, -0.25) is 0 Å². The van der Waals surface area contributed by atoms with Crippen molar-refractivity contribution in [3.05, 3.63) is 72.9 Å². The van der Waals surface area contributed by atoms with Gasteiger partial charge in [-0.15, -0.1) is 0 Å². The van der Waals surface area contributed by atoms with Crippen LogP contribution in [0.3, 0.4) is 0 Å². The average Bonchev–Trinajstić information content (AvgIpc) is 3.00. The molecule has 30 heavy (non-hydrogen) atoms. The van der Waals surface area contributed by atoms with Gasteiger partial charge in [0.2, 0.25) is 0 Å². The van der Waals surface area contributed by atoms with Crippen LogP contribution in [-0.2, 0) is 10.3 Å². The van der Waals surface area contributed by atoms with Crippen molar-refractivity contribution in [2.45, 2.75) is 5.60 Å². The minimum absolute atomic E-state index is 0. The molecule has 0 saturated carbocycles. The van der Waals surface area contributed by atoms with Crippen LogP contribution in [0.4, 0.5) is 0 Å². The van der Waals surface area contributed by atoms with Crippen molar-refractivity contribution in [1.29, 1.82) is 0 Å². The smallest absolute Gasteiger partial charge is 0.506 e. The van der Waals surface area contributed by atoms with Gasteiger partial charge in [0.1, 0.15) is 11.5 Å². The number of benzene rings is 3. The molecule has 2 N–H and O–H groups in total. The molecule has 0 fully saturated rings. The minimum Gasteiger partial charge on any atom is -0.506 e. The Hall–Kier alpha value is -0.0175. The Morgan fingerprint density at radius 1 is 0.800 bits per heavy atom. The molecule has 5 nitrogen and oxygen atoms in total. The first-order valence-electron chi connectivity index (χ1n) is 8.21. The Bertz CT molecular complexity index is 1200. The van der Waals surface area contributed by atoms with Gasteiger partial charge in [-0.25, -0.2) is 4.79 Å². The molecule has 0 atom stereocenters. The average molecular weight is 863 g/mol. The number of fused-ring (bicyclic) bond motifs is 6. The number of hydrogen-bond acceptors (Lipinski definition) is 5. The van der Waals surface area contributed by atoms with Crippen LogP contribution < -0.4 is 4.74 Å². The largest absolute Gasteiger partial charge is 3.00 e. The summed E-state index contributed by atoms with van der Waals surface area (Å²) in [6, 6.07) is 10.9. The van der Waals surface area contributed by atoms with E-state index in [0.717, 1.165) is 0 Å². The van der Waals surface area contributed by atoms with Gasteiger partial charge < -0.3 is 19.7 Å². The van der Waals surface area contributed by atoms with E-state index in [-0.39, 0.29) is 28.9 Å². The van der Waals surface area contributed by atoms with E-state index in [9.17, 15) is 15.0 Å². The molecular formula is C20H8AlI4O5+3. The zero-order valence-electron chi connectivity index (χ0n) is 14.7. The Morgan fingerprint density at radius 3 is 1.83 bits per heavy atom. The molecular weight excluding hydrogens is 855 g/mol. The summed E-state index contributed by atoms with van der Waals surface area (Å²) in [6.07, 6.45) is 0. The normalized spacial score (nSPS) is 14.9. The van der Waals surface area contributed by atoms with Crippen molar-refractivity contribution < 1.29 is 24.5 Å². The fraction of sp³-hybridized carbons (Fsp3) is 0.0500. The first-order chi connectivity index (χ1) is 13.8. The Kier molecular flexibility index (Phi) is 6.24. The van der Waals surface area contributed by atoms with Gasteiger partial charge in [-0.05, 0) is 109 Å². The summed E-state index contributed by atoms with van der Waals surface area (Å²) in [5, 5.41) is 21.0. The summed E-state index contributed by atoms with van der Waals surface area (Å²) in [4.78, 5) is 12.9. The van der Waals surface area contributed by atoms with Gasteiger partial charge >= 0.3 is 23.3 Å². The van der Waals surface area contributed by atoms with Crippen molar-refractivity contribution in [3.8, 4) is 23.0 Å². The Labute approximate surface area is 236 Å². The number of hydrogen-bond donors (Lipinski definition) is 2. The van der Waals surface area contributed by atoms with Crippen LogP contribution in [-0.4, -0.2) is 33.5 Å². The van der Waals surface area contributed by atoms with Gasteiger partial charge in [0.25, 0.3) is 0 Å². The fourth-order valence-corrected chi connectivity index (χ4v) is 7.35. The summed E-state index contributed by atoms with van der Waals surface area (Å²) in [5.41, 5.74) is 1.27. The van der Waals surface area contributed by atoms with E-state index < -0.39 is 11.6 Å². The molecule has 10 heteroatoms. The van der Waals surface area contributed by atoms with Crippen LogP contribution >= 0.6 is 90.4 Å². The SMILES string of the molecule is O=C1OC2(c3ccccc31)c1cc(I)c(O)c(I)c1Oc1c2cc(I)c(O)c1I.[Al+3]. The van der Waals surface area contributed by atoms with E-state index in [0.29, 0.717) is 48.0 Å². The first-order valence-corrected chi connectivity index (χ1v) is 12.5. The molecule has 3 aromatic carbocycles. The second-order valence-corrected chi connectivity index (χ2v) is 11.0. The van der Waals surface area contributed by atoms with Crippen molar-refractivity contribution in [2.75, 3.05) is 0 Å². The number of carbonyl (C=O) groups excluding carboxylic acids is 1. The summed E-state index contributed by atoms with van der Waals surface area (Å²) in [6.45, 7) is 0. The van der Waals surface area contributed by atoms with Crippen molar-refractivity contribution in [3.63, 3.8) is 0 Å². The molecule has 146 valence electrons. The van der Waals surface area contributed by atoms with Crippen LogP contribution in [0.25, 0.3) is 0 Å². The number of aromatic hydroxyl groups is 2. The van der Waals surface area contributed by atoms with E-state index in [1.165, 1.54) is 0 Å². The monoisotopic (exact) mass is 863 g/mol. The molecule has 0 aliphatic carbocycles. The molecule has 2 aliphatic rings. The zero-order valence-corrected chi connectivity index (χ0v) is 24.5. The molecule has 3 aromatic rings. The van der Waals surface area contributed by atoms with Crippen molar-refractivity contribution in [1.82, 2.24) is 0 Å². The third-order valence-electron chi connectivity index (χ3n) is 5.03. The summed E-state index contributed by atoms with van der Waals surface area (Å²) >= 11 is 8.17. The van der Waals surface area contributed by atoms with Crippen LogP contribution in [0.1, 0.15) is 27.0 Å². The summed E-state index contributed by atoms with van der Waals surface area (Å²) in [7, 11) is 0. The topological polar surface area (TPSA) is 76.0 Å². The van der Waals surface area contributed by atoms with Gasteiger partial charge in [0.05, 0.1) is 31.0 Å². The molecule has 5 rings (SSSR count). The molecule has 0 saturated heterocycles. The van der Waals surface area contributed by atoms with Gasteiger partial charge in [-0.1, -0.05) is 18.2 Å². The molecule has 2 aliphatic heterocycles. The molecule has 1 spiro atoms. The molecule has 0 unspecified atom stereocenters. The molecule has 0 bridgehead atoms. The van der Waals surface area contributed by atoms with E-state index in [1.54, 1.807) is 24.3 Å². The summed E-state index contributed by atoms with van der Waals surface area (Å²) in [5.74, 6) is 0.616. The van der Waals surface area contributed by atoms with Crippen molar-refractivity contribution >= 4 is 114 Å². The zero-order chi connectivity index (χ0) is 20.7. The third-order valence-corrected chi connectivity index (χ3v) is 8.68. The predicted molar refractivity (Wildman–Crippen MR) is 145 cm³/mol. The maximum Gasteiger partial charge on any atom is 3.00 e. The van der Waals surface area contributed by atoms with Crippen LogP contribution in [0.5, 0.6) is 23.0 Å². The molecule has 0 aromatic heterocycles. The second kappa shape index (κ2) is 8.08. The number of phenolic OH excluding ortho intramolecular Hbond substituents is 2. The van der Waals surface area contributed by atoms with E-state index in [2.05, 4.69) is 45.2 Å². The minimum atomic E-state index is -1.22. The molecule has 0 radical (unpaired) electrons. The third kappa shape index (κ3) is 3.03. The van der Waals surface area contributed by atoms with Crippen molar-refractivity contribution in [2.24, 2.45) is 0 Å². The van der Waals surface area contributed by atoms with Gasteiger partial charge in [0, 0.05) is 5.56 Å². The van der Waals surface area contributed by atoms with E-state index in [1.807, 2.05) is 57.3 Å². The number of carbonyl (C=O) groups is 1. The number of ether oxygens (including phenoxy) is 2. The number of halogens is 4. The number of esters is 1. The fourth-order valence-electron chi connectivity index (χ4n) is 3.77. The maximum absolute atomic E-state index is 12.9. The quantitative estimate of drug-likeness (QED) is 0.173. The summed E-state index contributed by atoms with van der Waals surface area (Å²) < 4.78 is 14.6. The number of rotatable bonds is 0. The maximum atomic E-state index is 12.9. The van der Waals surface area contributed by atoms with E-state index in [4.69, 9.17) is 9.47 Å². The number of phenols is 2. The van der Waals surface area contributed by atoms with Crippen LogP contribution in [0.2, 0.25) is 0 Å². The second-order valence-electron chi connectivity index (χ2n) is 6.51. The Balaban J connectivity index is 0.00000218.